The molecule has 0 fully saturated rings. The van der Waals surface area contributed by atoms with Crippen molar-refractivity contribution < 1.29 is 18.1 Å². The third-order valence-electron chi connectivity index (χ3n) is 2.80. The molecule has 0 radical (unpaired) electrons. The van der Waals surface area contributed by atoms with E-state index in [1.807, 2.05) is 0 Å². The molecule has 1 aromatic heterocycles. The first kappa shape index (κ1) is 17.0. The summed E-state index contributed by atoms with van der Waals surface area (Å²) in [4.78, 5) is 15.8. The van der Waals surface area contributed by atoms with Crippen molar-refractivity contribution in [1.82, 2.24) is 20.1 Å². The van der Waals surface area contributed by atoms with Crippen LogP contribution in [-0.2, 0) is 13.3 Å². The number of hydrogen-bond acceptors (Lipinski definition) is 6. The third-order valence-corrected chi connectivity index (χ3v) is 5.91. The molecule has 0 bridgehead atoms. The lowest BCUT2D eigenvalue weighted by Crippen LogP contribution is -2.43. The van der Waals surface area contributed by atoms with Crippen LogP contribution in [0.5, 0.6) is 0 Å². The van der Waals surface area contributed by atoms with Crippen molar-refractivity contribution in [1.29, 1.82) is 0 Å². The molecule has 0 aliphatic heterocycles. The van der Waals surface area contributed by atoms with E-state index in [0.717, 1.165) is 0 Å². The highest BCUT2D eigenvalue weighted by Crippen LogP contribution is 2.14. The topological polar surface area (TPSA) is 90.4 Å². The van der Waals surface area contributed by atoms with Crippen LogP contribution in [0.3, 0.4) is 0 Å². The Bertz CT molecular complexity index is 491. The molecule has 10 heteroatoms. The van der Waals surface area contributed by atoms with Gasteiger partial charge in [0.2, 0.25) is 4.77 Å². The number of hydrogen-bond donors (Lipinski definition) is 2. The number of H-pyrrole nitrogens is 1. The van der Waals surface area contributed by atoms with E-state index in [1.54, 1.807) is 28.3 Å². The van der Waals surface area contributed by atoms with Gasteiger partial charge in [-0.15, -0.1) is 0 Å². The zero-order valence-corrected chi connectivity index (χ0v) is 13.9. The van der Waals surface area contributed by atoms with Gasteiger partial charge in [0.1, 0.15) is 5.82 Å². The number of nitrogens with zero attached hydrogens (tertiary/aromatic N) is 2. The molecule has 0 aromatic carbocycles. The lowest BCUT2D eigenvalue weighted by molar-refractivity contribution is 0.123. The molecule has 1 amide bonds. The maximum Gasteiger partial charge on any atom is 0.500 e. The van der Waals surface area contributed by atoms with Gasteiger partial charge in [0, 0.05) is 33.9 Å². The van der Waals surface area contributed by atoms with Gasteiger partial charge < -0.3 is 18.6 Å². The maximum atomic E-state index is 11.8. The van der Waals surface area contributed by atoms with E-state index in [4.69, 9.17) is 25.5 Å². The van der Waals surface area contributed by atoms with E-state index in [1.165, 1.54) is 4.68 Å². The van der Waals surface area contributed by atoms with Gasteiger partial charge in [-0.3, -0.25) is 5.10 Å². The Balaban J connectivity index is 2.43. The molecule has 0 spiro atoms. The second-order valence-corrected chi connectivity index (χ2v) is 7.51. The Kier molecular flexibility index (Phi) is 6.49. The van der Waals surface area contributed by atoms with E-state index in [0.29, 0.717) is 24.8 Å². The predicted octanol–water partition coefficient (Wildman–Crippen LogP) is 1.08. The highest BCUT2D eigenvalue weighted by atomic mass is 32.1. The molecule has 114 valence electrons. The Morgan fingerprint density at radius 2 is 2.00 bits per heavy atom. The largest absolute Gasteiger partial charge is 0.500 e. The number of nitrogens with one attached hydrogen (secondary N) is 2. The average Bonchev–Trinajstić information content (AvgIpc) is 2.78. The van der Waals surface area contributed by atoms with Gasteiger partial charge in [-0.1, -0.05) is 0 Å². The summed E-state index contributed by atoms with van der Waals surface area (Å²) in [6.07, 6.45) is 0.675. The highest BCUT2D eigenvalue weighted by Gasteiger charge is 2.36. The molecule has 20 heavy (non-hydrogen) atoms. The van der Waals surface area contributed by atoms with E-state index in [9.17, 15) is 4.79 Å². The van der Waals surface area contributed by atoms with Crippen LogP contribution in [0.2, 0.25) is 6.04 Å². The van der Waals surface area contributed by atoms with E-state index in [-0.39, 0.29) is 10.8 Å². The molecule has 0 atom stereocenters. The normalized spacial score (nSPS) is 11.6. The van der Waals surface area contributed by atoms with Crippen LogP contribution in [0.15, 0.2) is 0 Å². The summed E-state index contributed by atoms with van der Waals surface area (Å²) in [5.41, 5.74) is 0. The van der Waals surface area contributed by atoms with Crippen molar-refractivity contribution in [3.05, 3.63) is 10.6 Å². The summed E-state index contributed by atoms with van der Waals surface area (Å²) in [5.74, 6) is 0.592. The van der Waals surface area contributed by atoms with Crippen molar-refractivity contribution >= 4 is 27.1 Å². The van der Waals surface area contributed by atoms with Crippen LogP contribution < -0.4 is 5.32 Å². The quantitative estimate of drug-likeness (QED) is 0.444. The summed E-state index contributed by atoms with van der Waals surface area (Å²) in [6.45, 7) is 2.19. The standard InChI is InChI=1S/C10H20N4O4SSi/c1-8-12-10(19)14(13-8)9(15)11-6-5-7-20(16-2,17-3)18-4/h5-7H2,1-4H3,(H,11,15)(H,12,13,19). The molecule has 1 aromatic rings. The number of aromatic nitrogens is 3. The zero-order chi connectivity index (χ0) is 15.2. The summed E-state index contributed by atoms with van der Waals surface area (Å²) < 4.78 is 17.3. The minimum Gasteiger partial charge on any atom is -0.377 e. The van der Waals surface area contributed by atoms with Crippen molar-refractivity contribution in [2.45, 2.75) is 19.4 Å². The van der Waals surface area contributed by atoms with Gasteiger partial charge in [-0.2, -0.15) is 4.68 Å². The monoisotopic (exact) mass is 320 g/mol. The third kappa shape index (κ3) is 4.21. The fourth-order valence-electron chi connectivity index (χ4n) is 1.70. The molecule has 2 N–H and O–H groups in total. The van der Waals surface area contributed by atoms with Gasteiger partial charge >= 0.3 is 14.8 Å². The van der Waals surface area contributed by atoms with Gasteiger partial charge in [-0.05, 0) is 25.6 Å². The first-order chi connectivity index (χ1) is 9.48. The molecular formula is C10H20N4O4SSi. The molecule has 0 unspecified atom stereocenters. The Morgan fingerprint density at radius 1 is 1.40 bits per heavy atom. The first-order valence-corrected chi connectivity index (χ1v) is 8.41. The Morgan fingerprint density at radius 3 is 2.45 bits per heavy atom. The number of aromatic amines is 1. The Labute approximate surface area is 123 Å². The first-order valence-electron chi connectivity index (χ1n) is 6.07. The van der Waals surface area contributed by atoms with Gasteiger partial charge in [-0.25, -0.2) is 9.78 Å². The fraction of sp³-hybridized carbons (Fsp3) is 0.700. The zero-order valence-electron chi connectivity index (χ0n) is 12.1. The molecule has 0 aliphatic rings. The molecule has 0 saturated carbocycles. The van der Waals surface area contributed by atoms with Crippen molar-refractivity contribution in [3.8, 4) is 0 Å². The molecular weight excluding hydrogens is 300 g/mol. The number of carbonyl (C=O) groups is 1. The van der Waals surface area contributed by atoms with Gasteiger partial charge in [0.05, 0.1) is 0 Å². The number of rotatable bonds is 7. The second-order valence-electron chi connectivity index (χ2n) is 4.06. The maximum absolute atomic E-state index is 11.8. The summed E-state index contributed by atoms with van der Waals surface area (Å²) in [7, 11) is 2.11. The lowest BCUT2D eigenvalue weighted by Gasteiger charge is -2.24. The minimum atomic E-state index is -2.57. The number of amides is 1. The van der Waals surface area contributed by atoms with E-state index in [2.05, 4.69) is 15.4 Å². The van der Waals surface area contributed by atoms with Gasteiger partial charge in [0.15, 0.2) is 0 Å². The molecule has 1 rings (SSSR count). The van der Waals surface area contributed by atoms with Crippen LogP contribution in [0.4, 0.5) is 4.79 Å². The molecule has 1 heterocycles. The van der Waals surface area contributed by atoms with Crippen molar-refractivity contribution in [3.63, 3.8) is 0 Å². The summed E-state index contributed by atoms with van der Waals surface area (Å²) >= 11 is 4.95. The molecule has 0 saturated heterocycles. The lowest BCUT2D eigenvalue weighted by atomic mass is 10.5. The van der Waals surface area contributed by atoms with Crippen LogP contribution in [0, 0.1) is 11.7 Å². The highest BCUT2D eigenvalue weighted by molar-refractivity contribution is 7.71. The molecule has 8 nitrogen and oxygen atoms in total. The Hall–Kier alpha value is -1.07. The molecule has 0 aliphatic carbocycles. The SMILES string of the molecule is CO[Si](CCCNC(=O)n1[nH]c(C)nc1=S)(OC)OC. The van der Waals surface area contributed by atoms with Gasteiger partial charge in [0.25, 0.3) is 0 Å². The van der Waals surface area contributed by atoms with Crippen LogP contribution >= 0.6 is 12.2 Å². The summed E-state index contributed by atoms with van der Waals surface area (Å²) in [6, 6.07) is 0.277. The van der Waals surface area contributed by atoms with Crippen LogP contribution in [0.25, 0.3) is 0 Å². The minimum absolute atomic E-state index is 0.203. The van der Waals surface area contributed by atoms with Crippen LogP contribution in [-0.4, -0.2) is 57.5 Å². The van der Waals surface area contributed by atoms with E-state index >= 15 is 0 Å². The fourth-order valence-corrected chi connectivity index (χ4v) is 3.69. The van der Waals surface area contributed by atoms with Crippen molar-refractivity contribution in [2.24, 2.45) is 0 Å². The number of aryl methyl sites for hydroxylation is 1. The second kappa shape index (κ2) is 7.64. The van der Waals surface area contributed by atoms with E-state index < -0.39 is 8.80 Å². The number of carbonyl (C=O) groups excluding carboxylic acids is 1. The van der Waals surface area contributed by atoms with Crippen LogP contribution in [0.1, 0.15) is 12.2 Å². The van der Waals surface area contributed by atoms with Crippen molar-refractivity contribution in [2.75, 3.05) is 27.9 Å². The predicted molar refractivity (Wildman–Crippen MR) is 77.2 cm³/mol. The smallest absolute Gasteiger partial charge is 0.377 e. The summed E-state index contributed by atoms with van der Waals surface area (Å²) in [5, 5.41) is 5.50. The average molecular weight is 320 g/mol.